The molecule has 3 amide bonds. The normalized spacial score (nSPS) is 18.6. The van der Waals surface area contributed by atoms with Gasteiger partial charge in [-0.25, -0.2) is 9.69 Å². The number of fused-ring (bicyclic) bond motifs is 1. The maximum Gasteiger partial charge on any atom is 0.407 e. The molecule has 30 heavy (non-hydrogen) atoms. The van der Waals surface area contributed by atoms with Gasteiger partial charge in [-0.3, -0.25) is 9.59 Å². The van der Waals surface area contributed by atoms with E-state index < -0.39 is 11.7 Å². The van der Waals surface area contributed by atoms with Gasteiger partial charge >= 0.3 is 6.09 Å². The Morgan fingerprint density at radius 3 is 2.13 bits per heavy atom. The van der Waals surface area contributed by atoms with Crippen LogP contribution in [0.1, 0.15) is 47.9 Å². The number of para-hydroxylation sites is 2. The molecule has 0 aromatic heterocycles. The summed E-state index contributed by atoms with van der Waals surface area (Å²) in [6.07, 6.45) is 0.304. The van der Waals surface area contributed by atoms with Crippen LogP contribution in [0.4, 0.5) is 16.2 Å². The van der Waals surface area contributed by atoms with Crippen LogP contribution in [-0.4, -0.2) is 42.6 Å². The SMILES string of the molecule is CC(C)(C)OC(=O)NC1CCN(c2ccccc2N2C(=O)c3ccccc3C2=O)C1. The predicted molar refractivity (Wildman–Crippen MR) is 114 cm³/mol. The van der Waals surface area contributed by atoms with Crippen molar-refractivity contribution in [2.24, 2.45) is 0 Å². The molecule has 0 aliphatic carbocycles. The fourth-order valence-corrected chi connectivity index (χ4v) is 3.90. The first kappa shape index (κ1) is 19.9. The topological polar surface area (TPSA) is 79.0 Å². The second kappa shape index (κ2) is 7.48. The predicted octanol–water partition coefficient (Wildman–Crippen LogP) is 3.59. The molecule has 1 fully saturated rings. The molecule has 1 unspecified atom stereocenters. The number of nitrogens with one attached hydrogen (secondary N) is 1. The molecule has 1 atom stereocenters. The van der Waals surface area contributed by atoms with E-state index in [1.165, 1.54) is 4.90 Å². The Labute approximate surface area is 175 Å². The van der Waals surface area contributed by atoms with Gasteiger partial charge in [-0.05, 0) is 51.5 Å². The Morgan fingerprint density at radius 2 is 1.53 bits per heavy atom. The number of hydrogen-bond acceptors (Lipinski definition) is 5. The average molecular weight is 407 g/mol. The Morgan fingerprint density at radius 1 is 0.967 bits per heavy atom. The van der Waals surface area contributed by atoms with E-state index in [1.807, 2.05) is 39.0 Å². The molecule has 7 nitrogen and oxygen atoms in total. The molecule has 1 N–H and O–H groups in total. The molecule has 2 aliphatic rings. The number of nitrogens with zero attached hydrogens (tertiary/aromatic N) is 2. The van der Waals surface area contributed by atoms with Crippen molar-refractivity contribution >= 4 is 29.3 Å². The lowest BCUT2D eigenvalue weighted by Crippen LogP contribution is -2.40. The summed E-state index contributed by atoms with van der Waals surface area (Å²) < 4.78 is 5.34. The highest BCUT2D eigenvalue weighted by Gasteiger charge is 2.38. The monoisotopic (exact) mass is 407 g/mol. The number of ether oxygens (including phenoxy) is 1. The molecular formula is C23H25N3O4. The second-order valence-electron chi connectivity index (χ2n) is 8.56. The van der Waals surface area contributed by atoms with Crippen molar-refractivity contribution in [3.8, 4) is 0 Å². The van der Waals surface area contributed by atoms with Crippen LogP contribution in [0.2, 0.25) is 0 Å². The highest BCUT2D eigenvalue weighted by Crippen LogP contribution is 2.36. The number of hydrogen-bond donors (Lipinski definition) is 1. The summed E-state index contributed by atoms with van der Waals surface area (Å²) in [4.78, 5) is 41.3. The molecule has 2 heterocycles. The fourth-order valence-electron chi connectivity index (χ4n) is 3.90. The van der Waals surface area contributed by atoms with Gasteiger partial charge in [0.25, 0.3) is 11.8 Å². The molecule has 156 valence electrons. The van der Waals surface area contributed by atoms with Gasteiger partial charge in [0.2, 0.25) is 0 Å². The summed E-state index contributed by atoms with van der Waals surface area (Å²) in [6, 6.07) is 14.2. The van der Waals surface area contributed by atoms with Crippen molar-refractivity contribution in [2.45, 2.75) is 38.8 Å². The Kier molecular flexibility index (Phi) is 4.97. The zero-order valence-electron chi connectivity index (χ0n) is 17.3. The number of carbonyl (C=O) groups is 3. The standard InChI is InChI=1S/C23H25N3O4/c1-23(2,3)30-22(29)24-15-12-13-25(14-15)18-10-6-7-11-19(18)26-20(27)16-8-4-5-9-17(16)21(26)28/h4-11,15H,12-14H2,1-3H3,(H,24,29). The maximum atomic E-state index is 12.9. The minimum absolute atomic E-state index is 0.0740. The van der Waals surface area contributed by atoms with E-state index in [1.54, 1.807) is 30.3 Å². The van der Waals surface area contributed by atoms with Crippen LogP contribution in [0.15, 0.2) is 48.5 Å². The lowest BCUT2D eigenvalue weighted by molar-refractivity contribution is 0.0508. The fraction of sp³-hybridized carbons (Fsp3) is 0.348. The van der Waals surface area contributed by atoms with Gasteiger partial charge in [-0.15, -0.1) is 0 Å². The molecule has 0 radical (unpaired) electrons. The number of rotatable bonds is 3. The molecule has 1 saturated heterocycles. The summed E-state index contributed by atoms with van der Waals surface area (Å²) >= 11 is 0. The molecule has 2 aromatic rings. The van der Waals surface area contributed by atoms with Crippen molar-refractivity contribution in [1.82, 2.24) is 5.32 Å². The third-order valence-corrected chi connectivity index (χ3v) is 5.17. The van der Waals surface area contributed by atoms with E-state index in [4.69, 9.17) is 4.74 Å². The van der Waals surface area contributed by atoms with E-state index in [0.29, 0.717) is 29.9 Å². The average Bonchev–Trinajstić information content (AvgIpc) is 3.24. The van der Waals surface area contributed by atoms with E-state index in [0.717, 1.165) is 12.1 Å². The maximum absolute atomic E-state index is 12.9. The first-order valence-electron chi connectivity index (χ1n) is 10.1. The summed E-state index contributed by atoms with van der Waals surface area (Å²) in [7, 11) is 0. The van der Waals surface area contributed by atoms with Crippen molar-refractivity contribution in [3.63, 3.8) is 0 Å². The van der Waals surface area contributed by atoms with Crippen LogP contribution in [0.3, 0.4) is 0 Å². The Hall–Kier alpha value is -3.35. The third kappa shape index (κ3) is 3.75. The van der Waals surface area contributed by atoms with Crippen LogP contribution in [-0.2, 0) is 4.74 Å². The molecule has 0 spiro atoms. The highest BCUT2D eigenvalue weighted by molar-refractivity contribution is 6.35. The minimum atomic E-state index is -0.555. The van der Waals surface area contributed by atoms with E-state index in [2.05, 4.69) is 10.2 Å². The van der Waals surface area contributed by atoms with Crippen LogP contribution >= 0.6 is 0 Å². The van der Waals surface area contributed by atoms with Crippen LogP contribution < -0.4 is 15.1 Å². The van der Waals surface area contributed by atoms with Crippen molar-refractivity contribution in [2.75, 3.05) is 22.9 Å². The number of carbonyl (C=O) groups excluding carboxylic acids is 3. The number of amides is 3. The van der Waals surface area contributed by atoms with Gasteiger partial charge in [0.15, 0.2) is 0 Å². The highest BCUT2D eigenvalue weighted by atomic mass is 16.6. The summed E-state index contributed by atoms with van der Waals surface area (Å²) in [5, 5.41) is 2.91. The van der Waals surface area contributed by atoms with E-state index in [-0.39, 0.29) is 17.9 Å². The van der Waals surface area contributed by atoms with Crippen LogP contribution in [0, 0.1) is 0 Å². The van der Waals surface area contributed by atoms with Crippen LogP contribution in [0.5, 0.6) is 0 Å². The Balaban J connectivity index is 1.54. The molecule has 7 heteroatoms. The first-order valence-corrected chi connectivity index (χ1v) is 10.1. The van der Waals surface area contributed by atoms with Gasteiger partial charge in [0, 0.05) is 13.1 Å². The smallest absolute Gasteiger partial charge is 0.407 e. The van der Waals surface area contributed by atoms with Gasteiger partial charge in [0.05, 0.1) is 28.5 Å². The lowest BCUT2D eigenvalue weighted by atomic mass is 10.1. The molecule has 2 aromatic carbocycles. The minimum Gasteiger partial charge on any atom is -0.444 e. The Bertz CT molecular complexity index is 977. The van der Waals surface area contributed by atoms with Crippen molar-refractivity contribution in [3.05, 3.63) is 59.7 Å². The molecule has 0 saturated carbocycles. The number of benzene rings is 2. The van der Waals surface area contributed by atoms with Crippen LogP contribution in [0.25, 0.3) is 0 Å². The van der Waals surface area contributed by atoms with Crippen molar-refractivity contribution in [1.29, 1.82) is 0 Å². The van der Waals surface area contributed by atoms with Gasteiger partial charge < -0.3 is 15.0 Å². The lowest BCUT2D eigenvalue weighted by Gasteiger charge is -2.26. The number of imide groups is 1. The summed E-state index contributed by atoms with van der Waals surface area (Å²) in [5.74, 6) is -0.628. The summed E-state index contributed by atoms with van der Waals surface area (Å²) in [5.41, 5.74) is 1.63. The van der Waals surface area contributed by atoms with E-state index in [9.17, 15) is 14.4 Å². The largest absolute Gasteiger partial charge is 0.444 e. The first-order chi connectivity index (χ1) is 14.2. The summed E-state index contributed by atoms with van der Waals surface area (Å²) in [6.45, 7) is 6.74. The van der Waals surface area contributed by atoms with Gasteiger partial charge in [-0.1, -0.05) is 24.3 Å². The van der Waals surface area contributed by atoms with E-state index >= 15 is 0 Å². The number of alkyl carbamates (subject to hydrolysis) is 1. The second-order valence-corrected chi connectivity index (χ2v) is 8.56. The third-order valence-electron chi connectivity index (χ3n) is 5.17. The van der Waals surface area contributed by atoms with Gasteiger partial charge in [-0.2, -0.15) is 0 Å². The quantitative estimate of drug-likeness (QED) is 0.787. The zero-order valence-corrected chi connectivity index (χ0v) is 17.3. The molecule has 4 rings (SSSR count). The number of anilines is 2. The molecule has 2 aliphatic heterocycles. The van der Waals surface area contributed by atoms with Crippen molar-refractivity contribution < 1.29 is 19.1 Å². The van der Waals surface area contributed by atoms with Gasteiger partial charge in [0.1, 0.15) is 5.60 Å². The molecular weight excluding hydrogens is 382 g/mol. The molecule has 0 bridgehead atoms. The zero-order chi connectivity index (χ0) is 21.5.